The number of nitrogens with one attached hydrogen (secondary N) is 2. The van der Waals surface area contributed by atoms with Crippen LogP contribution in [0.15, 0.2) is 41.0 Å². The summed E-state index contributed by atoms with van der Waals surface area (Å²) in [6, 6.07) is 7.44. The minimum Gasteiger partial charge on any atom is -0.304 e. The van der Waals surface area contributed by atoms with Crippen molar-refractivity contribution in [1.82, 2.24) is 24.5 Å². The monoisotopic (exact) mass is 420 g/mol. The Bertz CT molecular complexity index is 1090. The molecule has 9 nitrogen and oxygen atoms in total. The molecule has 0 atom stereocenters. The molecule has 11 heteroatoms. The van der Waals surface area contributed by atoms with E-state index in [0.717, 1.165) is 28.4 Å². The molecule has 0 saturated heterocycles. The van der Waals surface area contributed by atoms with Gasteiger partial charge in [0, 0.05) is 24.9 Å². The highest BCUT2D eigenvalue weighted by Crippen LogP contribution is 2.21. The van der Waals surface area contributed by atoms with E-state index in [1.807, 2.05) is 42.0 Å². The van der Waals surface area contributed by atoms with Crippen LogP contribution in [0.1, 0.15) is 25.2 Å². The van der Waals surface area contributed by atoms with Crippen LogP contribution >= 0.6 is 11.3 Å². The van der Waals surface area contributed by atoms with Crippen LogP contribution in [0.4, 0.5) is 5.13 Å². The number of anilines is 1. The van der Waals surface area contributed by atoms with Gasteiger partial charge in [-0.25, -0.2) is 18.1 Å². The van der Waals surface area contributed by atoms with Crippen LogP contribution in [0.2, 0.25) is 0 Å². The minimum absolute atomic E-state index is 0.0728. The van der Waals surface area contributed by atoms with Crippen molar-refractivity contribution in [1.29, 1.82) is 0 Å². The smallest absolute Gasteiger partial charge is 0.270 e. The van der Waals surface area contributed by atoms with Crippen LogP contribution in [0.3, 0.4) is 0 Å². The first-order valence-corrected chi connectivity index (χ1v) is 10.8. The molecule has 0 unspecified atom stereocenters. The lowest BCUT2D eigenvalue weighted by Crippen LogP contribution is -2.24. The lowest BCUT2D eigenvalue weighted by atomic mass is 10.2. The summed E-state index contributed by atoms with van der Waals surface area (Å²) < 4.78 is 29.4. The van der Waals surface area contributed by atoms with Crippen molar-refractivity contribution in [3.8, 4) is 5.69 Å². The van der Waals surface area contributed by atoms with Crippen molar-refractivity contribution in [2.45, 2.75) is 31.7 Å². The standard InChI is InChI=1S/C17H20N6O3S2/c1-11(2)15(24)20-16-21-22-17(27-16)28(25,26)19-10-13-6-4-5-7-14(13)23-9-8-18-12(23)3/h4-9,11,19H,10H2,1-3H3,(H,20,21,24). The van der Waals surface area contributed by atoms with Crippen molar-refractivity contribution < 1.29 is 13.2 Å². The van der Waals surface area contributed by atoms with E-state index in [2.05, 4.69) is 25.2 Å². The second-order valence-corrected chi connectivity index (χ2v) is 9.23. The van der Waals surface area contributed by atoms with Gasteiger partial charge in [-0.2, -0.15) is 0 Å². The van der Waals surface area contributed by atoms with Crippen LogP contribution in [0.5, 0.6) is 0 Å². The molecule has 1 aromatic carbocycles. The van der Waals surface area contributed by atoms with Crippen molar-refractivity contribution in [3.63, 3.8) is 0 Å². The summed E-state index contributed by atoms with van der Waals surface area (Å²) in [5.74, 6) is 0.299. The van der Waals surface area contributed by atoms with Gasteiger partial charge in [-0.15, -0.1) is 10.2 Å². The van der Waals surface area contributed by atoms with Gasteiger partial charge in [0.1, 0.15) is 5.82 Å². The molecular formula is C17H20N6O3S2. The maximum absolute atomic E-state index is 12.6. The summed E-state index contributed by atoms with van der Waals surface area (Å²) in [6.07, 6.45) is 3.50. The Morgan fingerprint density at radius 1 is 1.25 bits per heavy atom. The first kappa shape index (κ1) is 20.1. The summed E-state index contributed by atoms with van der Waals surface area (Å²) >= 11 is 0.805. The molecule has 0 aliphatic heterocycles. The average molecular weight is 421 g/mol. The van der Waals surface area contributed by atoms with Crippen LogP contribution in [0, 0.1) is 12.8 Å². The number of carbonyl (C=O) groups is 1. The number of carbonyl (C=O) groups excluding carboxylic acids is 1. The summed E-state index contributed by atoms with van der Waals surface area (Å²) in [7, 11) is -3.87. The molecule has 2 heterocycles. The second-order valence-electron chi connectivity index (χ2n) is 6.31. The summed E-state index contributed by atoms with van der Waals surface area (Å²) in [6.45, 7) is 5.41. The SMILES string of the molecule is Cc1nccn1-c1ccccc1CNS(=O)(=O)c1nnc(NC(=O)C(C)C)s1. The van der Waals surface area contributed by atoms with Gasteiger partial charge in [-0.05, 0) is 18.6 Å². The van der Waals surface area contributed by atoms with E-state index in [9.17, 15) is 13.2 Å². The summed E-state index contributed by atoms with van der Waals surface area (Å²) in [4.78, 5) is 15.9. The third-order valence-corrected chi connectivity index (χ3v) is 6.53. The van der Waals surface area contributed by atoms with Crippen molar-refractivity contribution in [3.05, 3.63) is 48.0 Å². The van der Waals surface area contributed by atoms with Crippen molar-refractivity contribution >= 4 is 32.4 Å². The number of imidazole rings is 1. The molecule has 0 aliphatic rings. The molecule has 148 valence electrons. The Balaban J connectivity index is 1.76. The number of aryl methyl sites for hydroxylation is 1. The van der Waals surface area contributed by atoms with Gasteiger partial charge in [0.25, 0.3) is 10.0 Å². The van der Waals surface area contributed by atoms with Crippen LogP contribution < -0.4 is 10.0 Å². The number of para-hydroxylation sites is 1. The van der Waals surface area contributed by atoms with E-state index in [0.29, 0.717) is 0 Å². The molecule has 0 aliphatic carbocycles. The summed E-state index contributed by atoms with van der Waals surface area (Å²) in [5.41, 5.74) is 1.62. The molecule has 3 rings (SSSR count). The van der Waals surface area contributed by atoms with Crippen molar-refractivity contribution in [2.24, 2.45) is 5.92 Å². The third-order valence-electron chi connectivity index (χ3n) is 3.92. The molecule has 2 aromatic heterocycles. The van der Waals surface area contributed by atoms with E-state index in [1.54, 1.807) is 20.0 Å². The van der Waals surface area contributed by atoms with Crippen molar-refractivity contribution in [2.75, 3.05) is 5.32 Å². The number of amides is 1. The Hall–Kier alpha value is -2.63. The maximum atomic E-state index is 12.6. The minimum atomic E-state index is -3.87. The molecule has 28 heavy (non-hydrogen) atoms. The zero-order valence-corrected chi connectivity index (χ0v) is 17.2. The van der Waals surface area contributed by atoms with Crippen LogP contribution in [-0.4, -0.2) is 34.1 Å². The lowest BCUT2D eigenvalue weighted by molar-refractivity contribution is -0.118. The van der Waals surface area contributed by atoms with Gasteiger partial charge >= 0.3 is 0 Å². The largest absolute Gasteiger partial charge is 0.304 e. The molecule has 0 fully saturated rings. The zero-order valence-electron chi connectivity index (χ0n) is 15.6. The molecular weight excluding hydrogens is 400 g/mol. The molecule has 3 aromatic rings. The predicted molar refractivity (Wildman–Crippen MR) is 106 cm³/mol. The van der Waals surface area contributed by atoms with Gasteiger partial charge in [-0.1, -0.05) is 43.4 Å². The number of aromatic nitrogens is 4. The molecule has 0 spiro atoms. The zero-order chi connectivity index (χ0) is 20.3. The Morgan fingerprint density at radius 2 is 2.00 bits per heavy atom. The summed E-state index contributed by atoms with van der Waals surface area (Å²) in [5, 5.41) is 10.1. The molecule has 0 radical (unpaired) electrons. The van der Waals surface area contributed by atoms with Gasteiger partial charge in [0.2, 0.25) is 15.4 Å². The number of sulfonamides is 1. The number of nitrogens with zero attached hydrogens (tertiary/aromatic N) is 4. The van der Waals surface area contributed by atoms with Crippen LogP contribution in [0.25, 0.3) is 5.69 Å². The van der Waals surface area contributed by atoms with E-state index in [-0.39, 0.29) is 27.8 Å². The number of hydrogen-bond acceptors (Lipinski definition) is 7. The normalized spacial score (nSPS) is 11.7. The molecule has 1 amide bonds. The third kappa shape index (κ3) is 4.43. The van der Waals surface area contributed by atoms with E-state index >= 15 is 0 Å². The fourth-order valence-corrected chi connectivity index (χ4v) is 4.33. The number of benzene rings is 1. The van der Waals surface area contributed by atoms with E-state index in [1.165, 1.54) is 0 Å². The number of hydrogen-bond donors (Lipinski definition) is 2. The topological polar surface area (TPSA) is 119 Å². The van der Waals surface area contributed by atoms with E-state index in [4.69, 9.17) is 0 Å². The first-order valence-electron chi connectivity index (χ1n) is 8.50. The molecule has 0 saturated carbocycles. The molecule has 0 bridgehead atoms. The van der Waals surface area contributed by atoms with Gasteiger partial charge in [0.15, 0.2) is 0 Å². The Morgan fingerprint density at radius 3 is 2.68 bits per heavy atom. The van der Waals surface area contributed by atoms with E-state index < -0.39 is 10.0 Å². The highest BCUT2D eigenvalue weighted by molar-refractivity contribution is 7.91. The predicted octanol–water partition coefficient (Wildman–Crippen LogP) is 2.11. The number of rotatable bonds is 7. The second kappa shape index (κ2) is 8.17. The van der Waals surface area contributed by atoms with Gasteiger partial charge in [0.05, 0.1) is 5.69 Å². The highest BCUT2D eigenvalue weighted by atomic mass is 32.2. The fourth-order valence-electron chi connectivity index (χ4n) is 2.38. The lowest BCUT2D eigenvalue weighted by Gasteiger charge is -2.12. The quantitative estimate of drug-likeness (QED) is 0.565. The Labute approximate surface area is 166 Å². The Kier molecular flexibility index (Phi) is 5.87. The van der Waals surface area contributed by atoms with Crippen LogP contribution in [-0.2, 0) is 21.4 Å². The van der Waals surface area contributed by atoms with Gasteiger partial charge in [-0.3, -0.25) is 4.79 Å². The van der Waals surface area contributed by atoms with Gasteiger partial charge < -0.3 is 9.88 Å². The molecule has 2 N–H and O–H groups in total. The first-order chi connectivity index (χ1) is 13.3. The highest BCUT2D eigenvalue weighted by Gasteiger charge is 2.22. The fraction of sp³-hybridized carbons (Fsp3) is 0.294. The average Bonchev–Trinajstić information content (AvgIpc) is 3.29. The maximum Gasteiger partial charge on any atom is 0.270 e.